The number of rotatable bonds is 5. The number of carbonyl (C=O) groups excluding carboxylic acids is 1. The van der Waals surface area contributed by atoms with Crippen molar-refractivity contribution < 1.29 is 9.90 Å². The van der Waals surface area contributed by atoms with Crippen LogP contribution in [0, 0.1) is 0 Å². The van der Waals surface area contributed by atoms with Gasteiger partial charge in [-0.1, -0.05) is 31.2 Å². The summed E-state index contributed by atoms with van der Waals surface area (Å²) >= 11 is 0. The first-order valence-corrected chi connectivity index (χ1v) is 5.84. The quantitative estimate of drug-likeness (QED) is 0.761. The Balaban J connectivity index is 2.54. The molecular formula is C14H19NO2. The topological polar surface area (TPSA) is 49.3 Å². The van der Waals surface area contributed by atoms with Crippen molar-refractivity contribution in [1.29, 1.82) is 0 Å². The molecule has 0 saturated heterocycles. The molecule has 2 N–H and O–H groups in total. The molecule has 0 spiro atoms. The van der Waals surface area contributed by atoms with Gasteiger partial charge in [0.05, 0.1) is 6.61 Å². The van der Waals surface area contributed by atoms with E-state index in [1.807, 2.05) is 24.3 Å². The molecule has 1 amide bonds. The van der Waals surface area contributed by atoms with Crippen LogP contribution in [-0.4, -0.2) is 23.7 Å². The maximum Gasteiger partial charge on any atom is 0.244 e. The molecule has 0 aliphatic heterocycles. The largest absolute Gasteiger partial charge is 0.394 e. The molecule has 0 radical (unpaired) electrons. The fraction of sp³-hybridized carbons (Fsp3) is 0.357. The monoisotopic (exact) mass is 233 g/mol. The van der Waals surface area contributed by atoms with E-state index in [1.165, 1.54) is 11.6 Å². The zero-order valence-corrected chi connectivity index (χ0v) is 10.3. The van der Waals surface area contributed by atoms with Crippen LogP contribution >= 0.6 is 0 Å². The first-order valence-electron chi connectivity index (χ1n) is 5.84. The predicted molar refractivity (Wildman–Crippen MR) is 69.5 cm³/mol. The van der Waals surface area contributed by atoms with E-state index in [4.69, 9.17) is 5.11 Å². The molecule has 0 aliphatic carbocycles. The maximum atomic E-state index is 11.4. The van der Waals surface area contributed by atoms with E-state index in [1.54, 1.807) is 13.0 Å². The summed E-state index contributed by atoms with van der Waals surface area (Å²) in [5.41, 5.74) is 2.27. The van der Waals surface area contributed by atoms with Crippen LogP contribution in [0.4, 0.5) is 0 Å². The zero-order valence-electron chi connectivity index (χ0n) is 10.3. The lowest BCUT2D eigenvalue weighted by atomic mass is 10.1. The molecule has 1 rings (SSSR count). The normalized spacial score (nSPS) is 12.6. The van der Waals surface area contributed by atoms with Gasteiger partial charge in [0.1, 0.15) is 0 Å². The summed E-state index contributed by atoms with van der Waals surface area (Å²) in [6, 6.07) is 7.85. The lowest BCUT2D eigenvalue weighted by Crippen LogP contribution is -2.33. The van der Waals surface area contributed by atoms with Crippen LogP contribution in [0.5, 0.6) is 0 Å². The van der Waals surface area contributed by atoms with Gasteiger partial charge in [-0.05, 0) is 30.5 Å². The number of hydrogen-bond donors (Lipinski definition) is 2. The predicted octanol–water partition coefficient (Wildman–Crippen LogP) is 1.76. The molecule has 3 heteroatoms. The average Bonchev–Trinajstić information content (AvgIpc) is 2.36. The Kier molecular flexibility index (Phi) is 5.43. The van der Waals surface area contributed by atoms with Gasteiger partial charge in [0, 0.05) is 12.1 Å². The molecule has 0 fully saturated rings. The van der Waals surface area contributed by atoms with Gasteiger partial charge in [-0.25, -0.2) is 0 Å². The smallest absolute Gasteiger partial charge is 0.244 e. The minimum absolute atomic E-state index is 0.0508. The van der Waals surface area contributed by atoms with Gasteiger partial charge in [-0.2, -0.15) is 0 Å². The van der Waals surface area contributed by atoms with Crippen molar-refractivity contribution in [3.8, 4) is 0 Å². The van der Waals surface area contributed by atoms with Crippen molar-refractivity contribution in [3.05, 3.63) is 41.5 Å². The Labute approximate surface area is 102 Å². The van der Waals surface area contributed by atoms with E-state index >= 15 is 0 Å². The van der Waals surface area contributed by atoms with Gasteiger partial charge >= 0.3 is 0 Å². The molecule has 0 bridgehead atoms. The first kappa shape index (κ1) is 13.5. The summed E-state index contributed by atoms with van der Waals surface area (Å²) in [6.07, 6.45) is 4.25. The van der Waals surface area contributed by atoms with Crippen LogP contribution in [0.25, 0.3) is 6.08 Å². The number of hydrogen-bond acceptors (Lipinski definition) is 2. The standard InChI is InChI=1S/C14H19NO2/c1-3-12-4-6-13(7-5-12)8-9-14(17)15-11(2)10-16/h4-9,11,16H,3,10H2,1-2H3,(H,15,17)/t11-/m1/s1. The summed E-state index contributed by atoms with van der Waals surface area (Å²) in [4.78, 5) is 11.4. The number of carbonyl (C=O) groups is 1. The molecule has 0 heterocycles. The Hall–Kier alpha value is -1.61. The highest BCUT2D eigenvalue weighted by atomic mass is 16.3. The highest BCUT2D eigenvalue weighted by molar-refractivity contribution is 5.91. The van der Waals surface area contributed by atoms with Gasteiger partial charge in [-0.3, -0.25) is 4.79 Å². The summed E-state index contributed by atoms with van der Waals surface area (Å²) in [6.45, 7) is 3.81. The number of benzene rings is 1. The number of aryl methyl sites for hydroxylation is 1. The molecule has 0 aromatic heterocycles. The SMILES string of the molecule is CCc1ccc(C=CC(=O)N[C@H](C)CO)cc1. The number of nitrogens with one attached hydrogen (secondary N) is 1. The van der Waals surface area contributed by atoms with Crippen LogP contribution in [0.1, 0.15) is 25.0 Å². The summed E-state index contributed by atoms with van der Waals surface area (Å²) in [5.74, 6) is -0.189. The third kappa shape index (κ3) is 4.83. The second kappa shape index (κ2) is 6.86. The molecule has 1 aromatic carbocycles. The first-order chi connectivity index (χ1) is 8.15. The van der Waals surface area contributed by atoms with E-state index < -0.39 is 0 Å². The Morgan fingerprint density at radius 3 is 2.59 bits per heavy atom. The Bertz CT molecular complexity index is 382. The van der Waals surface area contributed by atoms with E-state index in [-0.39, 0.29) is 18.6 Å². The average molecular weight is 233 g/mol. The summed E-state index contributed by atoms with van der Waals surface area (Å²) < 4.78 is 0. The second-order valence-electron chi connectivity index (χ2n) is 4.02. The van der Waals surface area contributed by atoms with E-state index in [9.17, 15) is 4.79 Å². The minimum Gasteiger partial charge on any atom is -0.394 e. The van der Waals surface area contributed by atoms with E-state index in [0.29, 0.717) is 0 Å². The molecule has 0 unspecified atom stereocenters. The van der Waals surface area contributed by atoms with Crippen LogP contribution < -0.4 is 5.32 Å². The van der Waals surface area contributed by atoms with Gasteiger partial charge in [0.25, 0.3) is 0 Å². The van der Waals surface area contributed by atoms with E-state index in [2.05, 4.69) is 12.2 Å². The molecule has 0 saturated carbocycles. The van der Waals surface area contributed by atoms with Crippen molar-refractivity contribution in [2.75, 3.05) is 6.61 Å². The lowest BCUT2D eigenvalue weighted by Gasteiger charge is -2.07. The molecule has 1 aromatic rings. The third-order valence-corrected chi connectivity index (χ3v) is 2.48. The summed E-state index contributed by atoms with van der Waals surface area (Å²) in [5, 5.41) is 11.4. The van der Waals surface area contributed by atoms with Crippen molar-refractivity contribution in [2.24, 2.45) is 0 Å². The minimum atomic E-state index is -0.213. The van der Waals surface area contributed by atoms with Crippen molar-refractivity contribution in [2.45, 2.75) is 26.3 Å². The van der Waals surface area contributed by atoms with Crippen molar-refractivity contribution >= 4 is 12.0 Å². The van der Waals surface area contributed by atoms with Crippen LogP contribution in [-0.2, 0) is 11.2 Å². The number of aliphatic hydroxyl groups is 1. The zero-order chi connectivity index (χ0) is 12.7. The fourth-order valence-electron chi connectivity index (χ4n) is 1.37. The Morgan fingerprint density at radius 1 is 1.41 bits per heavy atom. The highest BCUT2D eigenvalue weighted by Gasteiger charge is 2.01. The molecular weight excluding hydrogens is 214 g/mol. The lowest BCUT2D eigenvalue weighted by molar-refractivity contribution is -0.117. The maximum absolute atomic E-state index is 11.4. The van der Waals surface area contributed by atoms with Crippen molar-refractivity contribution in [3.63, 3.8) is 0 Å². The number of aliphatic hydroxyl groups excluding tert-OH is 1. The second-order valence-corrected chi connectivity index (χ2v) is 4.02. The van der Waals surface area contributed by atoms with Crippen molar-refractivity contribution in [1.82, 2.24) is 5.32 Å². The van der Waals surface area contributed by atoms with Gasteiger partial charge in [0.15, 0.2) is 0 Å². The van der Waals surface area contributed by atoms with E-state index in [0.717, 1.165) is 12.0 Å². The van der Waals surface area contributed by atoms with Crippen LogP contribution in [0.3, 0.4) is 0 Å². The molecule has 92 valence electrons. The molecule has 0 aliphatic rings. The molecule has 17 heavy (non-hydrogen) atoms. The van der Waals surface area contributed by atoms with Gasteiger partial charge < -0.3 is 10.4 Å². The number of amides is 1. The van der Waals surface area contributed by atoms with Gasteiger partial charge in [0.2, 0.25) is 5.91 Å². The fourth-order valence-corrected chi connectivity index (χ4v) is 1.37. The van der Waals surface area contributed by atoms with Gasteiger partial charge in [-0.15, -0.1) is 0 Å². The molecule has 1 atom stereocenters. The van der Waals surface area contributed by atoms with Crippen LogP contribution in [0.2, 0.25) is 0 Å². The highest BCUT2D eigenvalue weighted by Crippen LogP contribution is 2.06. The summed E-state index contributed by atoms with van der Waals surface area (Å²) in [7, 11) is 0. The van der Waals surface area contributed by atoms with Crippen LogP contribution in [0.15, 0.2) is 30.3 Å². The molecule has 3 nitrogen and oxygen atoms in total. The Morgan fingerprint density at radius 2 is 2.06 bits per heavy atom. The third-order valence-electron chi connectivity index (χ3n) is 2.48.